The molecule has 0 N–H and O–H groups in total. The van der Waals surface area contributed by atoms with Gasteiger partial charge in [0.1, 0.15) is 0 Å². The normalized spacial score (nSPS) is 13.4. The zero-order valence-corrected chi connectivity index (χ0v) is 11.7. The Morgan fingerprint density at radius 1 is 0.824 bits per heavy atom. The lowest BCUT2D eigenvalue weighted by molar-refractivity contribution is 1.27. The topological polar surface area (TPSA) is 0 Å². The molecule has 86 valence electrons. The quantitative estimate of drug-likeness (QED) is 0.566. The maximum Gasteiger partial charge on any atom is 0.0779 e. The molecule has 2 aromatic rings. The molecule has 0 aromatic heterocycles. The highest BCUT2D eigenvalue weighted by Crippen LogP contribution is 2.35. The third kappa shape index (κ3) is 1.66. The Morgan fingerprint density at radius 3 is 2.29 bits per heavy atom. The summed E-state index contributed by atoms with van der Waals surface area (Å²) >= 11 is 0. The van der Waals surface area contributed by atoms with Crippen molar-refractivity contribution in [2.45, 2.75) is 26.1 Å². The van der Waals surface area contributed by atoms with Crippen LogP contribution in [0.15, 0.2) is 42.5 Å². The van der Waals surface area contributed by atoms with Gasteiger partial charge in [0.2, 0.25) is 0 Å². The maximum absolute atomic E-state index is 2.44. The minimum atomic E-state index is -1.23. The fourth-order valence-electron chi connectivity index (χ4n) is 2.86. The van der Waals surface area contributed by atoms with E-state index in [1.807, 2.05) is 0 Å². The van der Waals surface area contributed by atoms with E-state index < -0.39 is 8.07 Å². The third-order valence-electron chi connectivity index (χ3n) is 3.66. The summed E-state index contributed by atoms with van der Waals surface area (Å²) in [6, 6.07) is 15.7. The first-order valence-corrected chi connectivity index (χ1v) is 9.78. The second-order valence-electron chi connectivity index (χ2n) is 5.92. The van der Waals surface area contributed by atoms with Crippen LogP contribution < -0.4 is 5.19 Å². The van der Waals surface area contributed by atoms with Gasteiger partial charge in [-0.3, -0.25) is 0 Å². The van der Waals surface area contributed by atoms with Gasteiger partial charge in [-0.25, -0.2) is 0 Å². The molecule has 17 heavy (non-hydrogen) atoms. The summed E-state index contributed by atoms with van der Waals surface area (Å²) in [5, 5.41) is 1.63. The van der Waals surface area contributed by atoms with Crippen LogP contribution in [0.1, 0.15) is 11.1 Å². The van der Waals surface area contributed by atoms with E-state index in [1.165, 1.54) is 16.7 Å². The summed E-state index contributed by atoms with van der Waals surface area (Å²) in [6.45, 7) is 7.31. The minimum Gasteiger partial charge on any atom is -0.0656 e. The SMILES string of the molecule is C[Si](C)(C)c1cccc2c1Cc1ccccc1-2. The van der Waals surface area contributed by atoms with Gasteiger partial charge in [-0.1, -0.05) is 67.3 Å². The average molecular weight is 238 g/mol. The third-order valence-corrected chi connectivity index (χ3v) is 5.74. The van der Waals surface area contributed by atoms with Crippen molar-refractivity contribution in [3.63, 3.8) is 0 Å². The van der Waals surface area contributed by atoms with Gasteiger partial charge in [0.25, 0.3) is 0 Å². The van der Waals surface area contributed by atoms with Gasteiger partial charge in [0.15, 0.2) is 0 Å². The molecule has 0 saturated carbocycles. The van der Waals surface area contributed by atoms with E-state index in [9.17, 15) is 0 Å². The molecule has 0 amide bonds. The van der Waals surface area contributed by atoms with Gasteiger partial charge < -0.3 is 0 Å². The molecule has 0 aliphatic heterocycles. The van der Waals surface area contributed by atoms with Crippen LogP contribution >= 0.6 is 0 Å². The monoisotopic (exact) mass is 238 g/mol. The van der Waals surface area contributed by atoms with Crippen molar-refractivity contribution in [2.24, 2.45) is 0 Å². The summed E-state index contributed by atoms with van der Waals surface area (Å²) < 4.78 is 0. The minimum absolute atomic E-state index is 1.13. The van der Waals surface area contributed by atoms with E-state index in [0.717, 1.165) is 6.42 Å². The molecular formula is C16H18Si. The molecule has 0 heterocycles. The number of benzene rings is 2. The van der Waals surface area contributed by atoms with Crippen LogP contribution in [0.4, 0.5) is 0 Å². The number of fused-ring (bicyclic) bond motifs is 3. The van der Waals surface area contributed by atoms with Crippen molar-refractivity contribution in [1.82, 2.24) is 0 Å². The van der Waals surface area contributed by atoms with Gasteiger partial charge in [0.05, 0.1) is 8.07 Å². The molecule has 1 heteroatoms. The second-order valence-corrected chi connectivity index (χ2v) is 11.0. The number of rotatable bonds is 1. The molecule has 2 aromatic carbocycles. The zero-order chi connectivity index (χ0) is 12.0. The molecule has 0 nitrogen and oxygen atoms in total. The molecule has 0 spiro atoms. The molecule has 0 bridgehead atoms. The van der Waals surface area contributed by atoms with Crippen LogP contribution in [0.25, 0.3) is 11.1 Å². The lowest BCUT2D eigenvalue weighted by atomic mass is 10.1. The Kier molecular flexibility index (Phi) is 2.27. The van der Waals surface area contributed by atoms with Gasteiger partial charge in [-0.15, -0.1) is 0 Å². The average Bonchev–Trinajstić information content (AvgIpc) is 2.65. The standard InChI is InChI=1S/C16H18Si/c1-17(2,3)16-10-6-9-14-13-8-5-4-7-12(13)11-15(14)16/h4-10H,11H2,1-3H3. The highest BCUT2D eigenvalue weighted by Gasteiger charge is 2.26. The summed E-state index contributed by atoms with van der Waals surface area (Å²) in [4.78, 5) is 0. The predicted molar refractivity (Wildman–Crippen MR) is 77.7 cm³/mol. The van der Waals surface area contributed by atoms with Gasteiger partial charge >= 0.3 is 0 Å². The fourth-order valence-corrected chi connectivity index (χ4v) is 4.58. The summed E-state index contributed by atoms with van der Waals surface area (Å²) in [7, 11) is -1.23. The molecule has 0 unspecified atom stereocenters. The van der Waals surface area contributed by atoms with Crippen molar-refractivity contribution < 1.29 is 0 Å². The zero-order valence-electron chi connectivity index (χ0n) is 10.7. The number of hydrogen-bond acceptors (Lipinski definition) is 0. The van der Waals surface area contributed by atoms with Crippen LogP contribution in [0, 0.1) is 0 Å². The largest absolute Gasteiger partial charge is 0.0779 e. The predicted octanol–water partition coefficient (Wildman–Crippen LogP) is 3.80. The molecule has 0 fully saturated rings. The highest BCUT2D eigenvalue weighted by atomic mass is 28.3. The fraction of sp³-hybridized carbons (Fsp3) is 0.250. The molecule has 1 aliphatic carbocycles. The van der Waals surface area contributed by atoms with E-state index in [4.69, 9.17) is 0 Å². The maximum atomic E-state index is 2.44. The second kappa shape index (κ2) is 3.57. The van der Waals surface area contributed by atoms with Crippen LogP contribution in [0.5, 0.6) is 0 Å². The van der Waals surface area contributed by atoms with E-state index in [-0.39, 0.29) is 0 Å². The molecule has 0 radical (unpaired) electrons. The Bertz CT molecular complexity index is 576. The summed E-state index contributed by atoms with van der Waals surface area (Å²) in [5.74, 6) is 0. The first kappa shape index (κ1) is 10.8. The highest BCUT2D eigenvalue weighted by molar-refractivity contribution is 6.89. The Labute approximate surface area is 104 Å². The Balaban J connectivity index is 2.24. The van der Waals surface area contributed by atoms with Crippen LogP contribution in [-0.2, 0) is 6.42 Å². The van der Waals surface area contributed by atoms with E-state index in [0.29, 0.717) is 0 Å². The first-order valence-electron chi connectivity index (χ1n) is 6.28. The van der Waals surface area contributed by atoms with Gasteiger partial charge in [-0.2, -0.15) is 0 Å². The van der Waals surface area contributed by atoms with E-state index in [2.05, 4.69) is 62.1 Å². The molecular weight excluding hydrogens is 220 g/mol. The van der Waals surface area contributed by atoms with Crippen LogP contribution in [0.3, 0.4) is 0 Å². The van der Waals surface area contributed by atoms with E-state index in [1.54, 1.807) is 10.8 Å². The molecule has 1 aliphatic rings. The lowest BCUT2D eigenvalue weighted by Gasteiger charge is -2.20. The van der Waals surface area contributed by atoms with Crippen LogP contribution in [-0.4, -0.2) is 8.07 Å². The van der Waals surface area contributed by atoms with Crippen LogP contribution in [0.2, 0.25) is 19.6 Å². The Morgan fingerprint density at radius 2 is 1.53 bits per heavy atom. The lowest BCUT2D eigenvalue weighted by Crippen LogP contribution is -2.39. The molecule has 0 atom stereocenters. The smallest absolute Gasteiger partial charge is 0.0656 e. The van der Waals surface area contributed by atoms with Gasteiger partial charge in [0, 0.05) is 0 Å². The first-order chi connectivity index (χ1) is 8.07. The van der Waals surface area contributed by atoms with Crippen molar-refractivity contribution in [3.8, 4) is 11.1 Å². The molecule has 3 rings (SSSR count). The van der Waals surface area contributed by atoms with Crippen molar-refractivity contribution in [2.75, 3.05) is 0 Å². The van der Waals surface area contributed by atoms with Gasteiger partial charge in [-0.05, 0) is 28.7 Å². The van der Waals surface area contributed by atoms with Crippen molar-refractivity contribution in [1.29, 1.82) is 0 Å². The summed E-state index contributed by atoms with van der Waals surface area (Å²) in [5.41, 5.74) is 6.00. The van der Waals surface area contributed by atoms with E-state index >= 15 is 0 Å². The van der Waals surface area contributed by atoms with Crippen molar-refractivity contribution in [3.05, 3.63) is 53.6 Å². The van der Waals surface area contributed by atoms with Crippen molar-refractivity contribution >= 4 is 13.3 Å². The summed E-state index contributed by atoms with van der Waals surface area (Å²) in [6.07, 6.45) is 1.13. The Hall–Kier alpha value is -1.34. The number of hydrogen-bond donors (Lipinski definition) is 0. The molecule has 0 saturated heterocycles.